The number of nitrogens with zero attached hydrogens (tertiary/aromatic N) is 2. The first-order valence-electron chi connectivity index (χ1n) is 11.0. The van der Waals surface area contributed by atoms with Crippen molar-refractivity contribution < 1.29 is 4.79 Å². The van der Waals surface area contributed by atoms with Gasteiger partial charge >= 0.3 is 0 Å². The lowest BCUT2D eigenvalue weighted by Crippen LogP contribution is -2.30. The van der Waals surface area contributed by atoms with E-state index in [9.17, 15) is 4.79 Å². The van der Waals surface area contributed by atoms with E-state index in [1.54, 1.807) is 0 Å². The van der Waals surface area contributed by atoms with Crippen LogP contribution in [0.25, 0.3) is 11.0 Å². The third-order valence-electron chi connectivity index (χ3n) is 6.14. The van der Waals surface area contributed by atoms with Crippen LogP contribution in [-0.2, 0) is 17.8 Å². The molecule has 4 heteroatoms. The highest BCUT2D eigenvalue weighted by Crippen LogP contribution is 2.28. The van der Waals surface area contributed by atoms with Crippen LogP contribution in [0.1, 0.15) is 62.9 Å². The van der Waals surface area contributed by atoms with E-state index in [0.29, 0.717) is 6.42 Å². The van der Waals surface area contributed by atoms with Gasteiger partial charge in [0.25, 0.3) is 0 Å². The van der Waals surface area contributed by atoms with Crippen LogP contribution in [0.15, 0.2) is 54.6 Å². The molecule has 4 nitrogen and oxygen atoms in total. The molecule has 0 aliphatic heterocycles. The average Bonchev–Trinajstić information content (AvgIpc) is 3.12. The summed E-state index contributed by atoms with van der Waals surface area (Å²) in [6.45, 7) is 3.01. The Morgan fingerprint density at radius 3 is 2.59 bits per heavy atom. The zero-order valence-corrected chi connectivity index (χ0v) is 17.3. The van der Waals surface area contributed by atoms with Crippen molar-refractivity contribution in [3.63, 3.8) is 0 Å². The third kappa shape index (κ3) is 4.87. The minimum atomic E-state index is -0.120. The van der Waals surface area contributed by atoms with Crippen LogP contribution < -0.4 is 5.32 Å². The molecule has 152 valence electrons. The molecular formula is C25H31N3O. The number of benzene rings is 2. The molecule has 4 rings (SSSR count). The summed E-state index contributed by atoms with van der Waals surface area (Å²) in [5, 5.41) is 3.16. The van der Waals surface area contributed by atoms with E-state index < -0.39 is 0 Å². The molecular weight excluding hydrogens is 358 g/mol. The van der Waals surface area contributed by atoms with Gasteiger partial charge in [-0.2, -0.15) is 0 Å². The number of hydrogen-bond donors (Lipinski definition) is 1. The van der Waals surface area contributed by atoms with E-state index in [1.165, 1.54) is 44.0 Å². The topological polar surface area (TPSA) is 46.9 Å². The smallest absolute Gasteiger partial charge is 0.224 e. The van der Waals surface area contributed by atoms with Gasteiger partial charge in [0.15, 0.2) is 0 Å². The van der Waals surface area contributed by atoms with Gasteiger partial charge in [-0.25, -0.2) is 4.98 Å². The Kier molecular flexibility index (Phi) is 6.28. The summed E-state index contributed by atoms with van der Waals surface area (Å²) in [4.78, 5) is 17.5. The maximum atomic E-state index is 12.6. The minimum absolute atomic E-state index is 0.0367. The molecule has 0 radical (unpaired) electrons. The predicted octanol–water partition coefficient (Wildman–Crippen LogP) is 5.43. The number of nitrogens with one attached hydrogen (secondary N) is 1. The van der Waals surface area contributed by atoms with Crippen molar-refractivity contribution in [2.24, 2.45) is 5.92 Å². The highest BCUT2D eigenvalue weighted by atomic mass is 16.1. The maximum absolute atomic E-state index is 12.6. The van der Waals surface area contributed by atoms with Gasteiger partial charge in [-0.3, -0.25) is 4.79 Å². The van der Waals surface area contributed by atoms with Crippen LogP contribution in [-0.4, -0.2) is 15.5 Å². The Bertz CT molecular complexity index is 941. The molecule has 1 aliphatic rings. The molecule has 1 aromatic heterocycles. The lowest BCUT2D eigenvalue weighted by molar-refractivity contribution is -0.121. The summed E-state index contributed by atoms with van der Waals surface area (Å²) in [6, 6.07) is 18.1. The van der Waals surface area contributed by atoms with Gasteiger partial charge in [-0.15, -0.1) is 0 Å². The Hall–Kier alpha value is -2.62. The lowest BCUT2D eigenvalue weighted by Gasteiger charge is -2.23. The predicted molar refractivity (Wildman–Crippen MR) is 118 cm³/mol. The molecule has 1 amide bonds. The van der Waals surface area contributed by atoms with Crippen molar-refractivity contribution in [2.75, 3.05) is 0 Å². The normalized spacial score (nSPS) is 16.0. The zero-order chi connectivity index (χ0) is 20.1. The molecule has 2 aromatic carbocycles. The van der Waals surface area contributed by atoms with Gasteiger partial charge < -0.3 is 9.88 Å². The second-order valence-corrected chi connectivity index (χ2v) is 8.35. The molecule has 1 saturated carbocycles. The number of amides is 1. The van der Waals surface area contributed by atoms with E-state index in [1.807, 2.05) is 43.3 Å². The number of hydrogen-bond acceptors (Lipinski definition) is 2. The molecule has 0 spiro atoms. The van der Waals surface area contributed by atoms with E-state index >= 15 is 0 Å². The fourth-order valence-corrected chi connectivity index (χ4v) is 4.59. The van der Waals surface area contributed by atoms with E-state index in [-0.39, 0.29) is 11.9 Å². The van der Waals surface area contributed by atoms with Crippen molar-refractivity contribution in [3.05, 3.63) is 66.0 Å². The minimum Gasteiger partial charge on any atom is -0.346 e. The van der Waals surface area contributed by atoms with Crippen LogP contribution in [0, 0.1) is 5.92 Å². The fourth-order valence-electron chi connectivity index (χ4n) is 4.59. The van der Waals surface area contributed by atoms with Crippen molar-refractivity contribution in [1.82, 2.24) is 14.9 Å². The Balaban J connectivity index is 1.49. The first-order valence-corrected chi connectivity index (χ1v) is 11.0. The zero-order valence-electron chi connectivity index (χ0n) is 17.3. The van der Waals surface area contributed by atoms with Crippen molar-refractivity contribution in [3.8, 4) is 0 Å². The third-order valence-corrected chi connectivity index (χ3v) is 6.14. The van der Waals surface area contributed by atoms with Crippen molar-refractivity contribution in [2.45, 2.75) is 64.5 Å². The first-order chi connectivity index (χ1) is 14.2. The summed E-state index contributed by atoms with van der Waals surface area (Å²) in [5.41, 5.74) is 3.21. The fraction of sp³-hybridized carbons (Fsp3) is 0.440. The van der Waals surface area contributed by atoms with Gasteiger partial charge in [0.2, 0.25) is 5.91 Å². The molecule has 1 aliphatic carbocycles. The first kappa shape index (κ1) is 19.7. The number of fused-ring (bicyclic) bond motifs is 1. The molecule has 1 atom stereocenters. The summed E-state index contributed by atoms with van der Waals surface area (Å²) >= 11 is 0. The number of imidazole rings is 1. The van der Waals surface area contributed by atoms with Crippen LogP contribution >= 0.6 is 0 Å². The quantitative estimate of drug-likeness (QED) is 0.586. The van der Waals surface area contributed by atoms with E-state index in [0.717, 1.165) is 29.4 Å². The van der Waals surface area contributed by atoms with Crippen LogP contribution in [0.4, 0.5) is 0 Å². The lowest BCUT2D eigenvalue weighted by atomic mass is 9.87. The summed E-state index contributed by atoms with van der Waals surface area (Å²) in [7, 11) is 0. The van der Waals surface area contributed by atoms with Crippen LogP contribution in [0.5, 0.6) is 0 Å². The molecule has 29 heavy (non-hydrogen) atoms. The standard InChI is InChI=1S/C25H31N3O/c1-19(26-24(29)18-21-12-6-3-7-13-21)25-27-22-14-8-9-15-23(22)28(25)17-16-20-10-4-2-5-11-20/h3,6-9,12-15,19-20H,2,4-5,10-11,16-18H2,1H3,(H,26,29). The maximum Gasteiger partial charge on any atom is 0.224 e. The highest BCUT2D eigenvalue weighted by Gasteiger charge is 2.20. The molecule has 0 saturated heterocycles. The summed E-state index contributed by atoms with van der Waals surface area (Å²) in [6.07, 6.45) is 8.42. The Labute approximate surface area is 173 Å². The van der Waals surface area contributed by atoms with Gasteiger partial charge in [0.1, 0.15) is 5.82 Å². The van der Waals surface area contributed by atoms with Gasteiger partial charge in [0, 0.05) is 6.54 Å². The van der Waals surface area contributed by atoms with Gasteiger partial charge in [-0.05, 0) is 37.0 Å². The summed E-state index contributed by atoms with van der Waals surface area (Å²) in [5.74, 6) is 1.82. The Morgan fingerprint density at radius 1 is 1.07 bits per heavy atom. The number of aromatic nitrogens is 2. The SMILES string of the molecule is CC(NC(=O)Cc1ccccc1)c1nc2ccccc2n1CCC1CCCCC1. The number of para-hydroxylation sites is 2. The molecule has 1 fully saturated rings. The van der Waals surface area contributed by atoms with Gasteiger partial charge in [-0.1, -0.05) is 74.6 Å². The summed E-state index contributed by atoms with van der Waals surface area (Å²) < 4.78 is 2.33. The average molecular weight is 390 g/mol. The molecule has 1 N–H and O–H groups in total. The van der Waals surface area contributed by atoms with Crippen LogP contribution in [0.3, 0.4) is 0 Å². The second kappa shape index (κ2) is 9.25. The number of carbonyl (C=O) groups excluding carboxylic acids is 1. The molecule has 0 bridgehead atoms. The second-order valence-electron chi connectivity index (χ2n) is 8.35. The van der Waals surface area contributed by atoms with Crippen LogP contribution in [0.2, 0.25) is 0 Å². The molecule has 1 heterocycles. The van der Waals surface area contributed by atoms with E-state index in [4.69, 9.17) is 4.98 Å². The molecule has 3 aromatic rings. The van der Waals surface area contributed by atoms with Crippen molar-refractivity contribution in [1.29, 1.82) is 0 Å². The van der Waals surface area contributed by atoms with E-state index in [2.05, 4.69) is 28.1 Å². The Morgan fingerprint density at radius 2 is 1.79 bits per heavy atom. The largest absolute Gasteiger partial charge is 0.346 e. The highest BCUT2D eigenvalue weighted by molar-refractivity contribution is 5.79. The number of aryl methyl sites for hydroxylation is 1. The molecule has 1 unspecified atom stereocenters. The number of carbonyl (C=O) groups is 1. The number of rotatable bonds is 7. The van der Waals surface area contributed by atoms with Crippen molar-refractivity contribution >= 4 is 16.9 Å². The monoisotopic (exact) mass is 389 g/mol. The van der Waals surface area contributed by atoms with Gasteiger partial charge in [0.05, 0.1) is 23.5 Å².